The number of ether oxygens (including phenoxy) is 1. The lowest BCUT2D eigenvalue weighted by molar-refractivity contribution is 0.0214. The molecule has 2 heterocycles. The van der Waals surface area contributed by atoms with Crippen LogP contribution in [0.15, 0.2) is 36.8 Å². The fourth-order valence-electron chi connectivity index (χ4n) is 2.09. The topological polar surface area (TPSA) is 71.5 Å². The van der Waals surface area contributed by atoms with Crippen molar-refractivity contribution in [3.05, 3.63) is 48.0 Å². The van der Waals surface area contributed by atoms with E-state index < -0.39 is 17.9 Å². The zero-order chi connectivity index (χ0) is 19.3. The summed E-state index contributed by atoms with van der Waals surface area (Å²) >= 11 is 0. The molecule has 0 aromatic carbocycles. The molecule has 2 aromatic rings. The van der Waals surface area contributed by atoms with E-state index in [9.17, 15) is 9.18 Å². The molecule has 0 bridgehead atoms. The molecule has 0 fully saturated rings. The van der Waals surface area contributed by atoms with E-state index in [1.54, 1.807) is 58.4 Å². The summed E-state index contributed by atoms with van der Waals surface area (Å²) in [5.74, 6) is 0.340. The number of carbonyl (C=O) groups is 1. The molecule has 0 saturated carbocycles. The number of rotatable bonds is 5. The van der Waals surface area contributed by atoms with Crippen LogP contribution in [0.3, 0.4) is 0 Å². The molecule has 0 radical (unpaired) electrons. The minimum atomic E-state index is -1.10. The van der Waals surface area contributed by atoms with E-state index in [4.69, 9.17) is 4.74 Å². The van der Waals surface area contributed by atoms with Crippen LogP contribution in [0.4, 0.5) is 15.1 Å². The molecule has 0 aliphatic heterocycles. The van der Waals surface area contributed by atoms with Gasteiger partial charge in [0.25, 0.3) is 0 Å². The van der Waals surface area contributed by atoms with Crippen LogP contribution in [-0.4, -0.2) is 38.7 Å². The number of hydrogen-bond acceptors (Lipinski definition) is 6. The second kappa shape index (κ2) is 8.07. The van der Waals surface area contributed by atoms with Crippen molar-refractivity contribution in [1.82, 2.24) is 20.0 Å². The maximum Gasteiger partial charge on any atom is 0.429 e. The van der Waals surface area contributed by atoms with Crippen LogP contribution in [0, 0.1) is 0 Å². The van der Waals surface area contributed by atoms with Crippen molar-refractivity contribution in [2.75, 3.05) is 12.1 Å². The first kappa shape index (κ1) is 19.6. The van der Waals surface area contributed by atoms with E-state index in [1.807, 2.05) is 0 Å². The highest BCUT2D eigenvalue weighted by Gasteiger charge is 2.27. The van der Waals surface area contributed by atoms with Gasteiger partial charge in [-0.3, -0.25) is 4.98 Å². The molecule has 26 heavy (non-hydrogen) atoms. The number of nitrogens with zero attached hydrogens (tertiary/aromatic N) is 5. The Morgan fingerprint density at radius 1 is 1.23 bits per heavy atom. The number of aromatic nitrogens is 3. The third-order valence-electron chi connectivity index (χ3n) is 3.43. The third-order valence-corrected chi connectivity index (χ3v) is 3.43. The molecular formula is C18H24FN5O2. The predicted octanol–water partition coefficient (Wildman–Crippen LogP) is 3.69. The fourth-order valence-corrected chi connectivity index (χ4v) is 2.09. The first-order chi connectivity index (χ1) is 12.2. The largest absolute Gasteiger partial charge is 0.442 e. The lowest BCUT2D eigenvalue weighted by Gasteiger charge is -2.33. The van der Waals surface area contributed by atoms with Gasteiger partial charge in [-0.25, -0.2) is 29.2 Å². The second-order valence-corrected chi connectivity index (χ2v) is 6.81. The zero-order valence-corrected chi connectivity index (χ0v) is 15.7. The van der Waals surface area contributed by atoms with Gasteiger partial charge in [0.15, 0.2) is 0 Å². The highest BCUT2D eigenvalue weighted by atomic mass is 19.1. The molecule has 1 unspecified atom stereocenters. The van der Waals surface area contributed by atoms with E-state index in [-0.39, 0.29) is 6.54 Å². The first-order valence-electron chi connectivity index (χ1n) is 8.27. The molecule has 2 rings (SSSR count). The minimum absolute atomic E-state index is 0.130. The Labute approximate surface area is 152 Å². The van der Waals surface area contributed by atoms with Gasteiger partial charge in [-0.05, 0) is 39.8 Å². The summed E-state index contributed by atoms with van der Waals surface area (Å²) in [5, 5.41) is 2.85. The number of hydrazine groups is 1. The first-order valence-corrected chi connectivity index (χ1v) is 8.27. The highest BCUT2D eigenvalue weighted by molar-refractivity contribution is 5.70. The van der Waals surface area contributed by atoms with Crippen molar-refractivity contribution >= 4 is 12.0 Å². The Hall–Kier alpha value is -2.77. The average molecular weight is 361 g/mol. The van der Waals surface area contributed by atoms with Crippen molar-refractivity contribution in [2.45, 2.75) is 46.0 Å². The quantitative estimate of drug-likeness (QED) is 0.757. The van der Waals surface area contributed by atoms with E-state index >= 15 is 0 Å². The van der Waals surface area contributed by atoms with Crippen molar-refractivity contribution in [3.63, 3.8) is 0 Å². The average Bonchev–Trinajstić information content (AvgIpc) is 2.58. The van der Waals surface area contributed by atoms with Crippen LogP contribution in [0.1, 0.15) is 45.1 Å². The van der Waals surface area contributed by atoms with Crippen LogP contribution in [0.2, 0.25) is 0 Å². The molecule has 0 N–H and O–H groups in total. The Balaban J connectivity index is 2.26. The molecule has 2 aromatic heterocycles. The summed E-state index contributed by atoms with van der Waals surface area (Å²) < 4.78 is 18.8. The summed E-state index contributed by atoms with van der Waals surface area (Å²) in [7, 11) is 1.66. The van der Waals surface area contributed by atoms with Crippen molar-refractivity contribution in [2.24, 2.45) is 0 Å². The molecule has 140 valence electrons. The fraction of sp³-hybridized carbons (Fsp3) is 0.444. The van der Waals surface area contributed by atoms with Crippen LogP contribution >= 0.6 is 0 Å². The van der Waals surface area contributed by atoms with Gasteiger partial charge in [-0.15, -0.1) is 0 Å². The van der Waals surface area contributed by atoms with Gasteiger partial charge < -0.3 is 4.74 Å². The standard InChI is InChI=1S/C18H24FN5O2/c1-13(19)14-7-8-15(22-11-14)12-24(17(25)26-18(2,3)4)23(5)16-20-9-6-10-21-16/h6-11,13H,12H2,1-5H3. The van der Waals surface area contributed by atoms with E-state index in [0.717, 1.165) is 0 Å². The van der Waals surface area contributed by atoms with Gasteiger partial charge >= 0.3 is 6.09 Å². The Bertz CT molecular complexity index is 717. The SMILES string of the molecule is CC(F)c1ccc(CN(C(=O)OC(C)(C)C)N(C)c2ncccn2)nc1. The monoisotopic (exact) mass is 361 g/mol. The lowest BCUT2D eigenvalue weighted by atomic mass is 10.2. The summed E-state index contributed by atoms with van der Waals surface area (Å²) in [6, 6.07) is 5.02. The van der Waals surface area contributed by atoms with Crippen LogP contribution < -0.4 is 5.01 Å². The summed E-state index contributed by atoms with van der Waals surface area (Å²) in [5.41, 5.74) is 0.412. The number of hydrogen-bond donors (Lipinski definition) is 0. The van der Waals surface area contributed by atoms with E-state index in [1.165, 1.54) is 23.1 Å². The molecular weight excluding hydrogens is 337 g/mol. The molecule has 0 saturated heterocycles. The summed E-state index contributed by atoms with van der Waals surface area (Å²) in [6.45, 7) is 6.95. The van der Waals surface area contributed by atoms with Gasteiger partial charge in [0.2, 0.25) is 5.95 Å². The minimum Gasteiger partial charge on any atom is -0.442 e. The molecule has 0 aliphatic rings. The molecule has 0 spiro atoms. The van der Waals surface area contributed by atoms with Gasteiger partial charge in [-0.1, -0.05) is 6.07 Å². The Morgan fingerprint density at radius 2 is 1.88 bits per heavy atom. The number of anilines is 1. The molecule has 8 heteroatoms. The van der Waals surface area contributed by atoms with Crippen molar-refractivity contribution < 1.29 is 13.9 Å². The van der Waals surface area contributed by atoms with Crippen molar-refractivity contribution in [1.29, 1.82) is 0 Å². The van der Waals surface area contributed by atoms with Gasteiger partial charge in [0, 0.05) is 31.2 Å². The van der Waals surface area contributed by atoms with Crippen molar-refractivity contribution in [3.8, 4) is 0 Å². The smallest absolute Gasteiger partial charge is 0.429 e. The lowest BCUT2D eigenvalue weighted by Crippen LogP contribution is -2.47. The predicted molar refractivity (Wildman–Crippen MR) is 96.0 cm³/mol. The highest BCUT2D eigenvalue weighted by Crippen LogP contribution is 2.18. The van der Waals surface area contributed by atoms with E-state index in [0.29, 0.717) is 17.2 Å². The second-order valence-electron chi connectivity index (χ2n) is 6.81. The van der Waals surface area contributed by atoms with E-state index in [2.05, 4.69) is 15.0 Å². The maximum absolute atomic E-state index is 13.3. The molecule has 1 amide bonds. The zero-order valence-electron chi connectivity index (χ0n) is 15.7. The number of amides is 1. The van der Waals surface area contributed by atoms with Crippen LogP contribution in [0.25, 0.3) is 0 Å². The Kier molecular flexibility index (Phi) is 6.07. The molecule has 1 atom stereocenters. The molecule has 7 nitrogen and oxygen atoms in total. The normalized spacial score (nSPS) is 12.4. The number of pyridine rings is 1. The molecule has 0 aliphatic carbocycles. The number of alkyl halides is 1. The number of halogens is 1. The summed E-state index contributed by atoms with van der Waals surface area (Å²) in [4.78, 5) is 25.2. The van der Waals surface area contributed by atoms with Gasteiger partial charge in [-0.2, -0.15) is 0 Å². The Morgan fingerprint density at radius 3 is 2.38 bits per heavy atom. The van der Waals surface area contributed by atoms with Crippen LogP contribution in [-0.2, 0) is 11.3 Å². The van der Waals surface area contributed by atoms with Gasteiger partial charge in [0.1, 0.15) is 11.8 Å². The number of carbonyl (C=O) groups excluding carboxylic acids is 1. The third kappa shape index (κ3) is 5.37. The van der Waals surface area contributed by atoms with Gasteiger partial charge in [0.05, 0.1) is 12.2 Å². The summed E-state index contributed by atoms with van der Waals surface area (Å²) in [6.07, 6.45) is 2.98. The van der Waals surface area contributed by atoms with Crippen LogP contribution in [0.5, 0.6) is 0 Å². The maximum atomic E-state index is 13.3.